The predicted molar refractivity (Wildman–Crippen MR) is 7.81 cm³/mol. The van der Waals surface area contributed by atoms with Crippen molar-refractivity contribution in [3.8, 4) is 0 Å². The molecule has 0 fully saturated rings. The van der Waals surface area contributed by atoms with Gasteiger partial charge in [-0.25, -0.2) is 0 Å². The normalized spacial score (nSPS) is 1.67. The molecule has 6 heteroatoms. The molecule has 0 unspecified atom stereocenters. The minimum Gasteiger partial charge on any atom is 4.00 e. The average Bonchev–Trinajstić information content (AvgIpc) is 1.50. The van der Waals surface area contributed by atoms with Gasteiger partial charge in [0.2, 0.25) is 0 Å². The van der Waals surface area contributed by atoms with Gasteiger partial charge in [-0.05, 0) is 0 Å². The monoisotopic (exact) mass is 275 g/mol. The molecule has 0 aromatic heterocycles. The standard InChI is InChI=1S/Ni.3O.Sb.Ti/q;;;-2;+1;+4. The predicted octanol–water partition coefficient (Wildman–Crippen LogP) is -0.742. The van der Waals surface area contributed by atoms with Crippen LogP contribution in [0.15, 0.2) is 0 Å². The molecule has 0 bridgehead atoms. The van der Waals surface area contributed by atoms with E-state index in [0.29, 0.717) is 23.0 Å². The van der Waals surface area contributed by atoms with E-state index in [-0.39, 0.29) is 27.2 Å². The van der Waals surface area contributed by atoms with E-state index in [9.17, 15) is 0 Å². The third-order valence-corrected chi connectivity index (χ3v) is 0. The van der Waals surface area contributed by atoms with Crippen molar-refractivity contribution >= 4 is 23.0 Å². The summed E-state index contributed by atoms with van der Waals surface area (Å²) in [4.78, 5) is 0. The first-order valence-electron chi connectivity index (χ1n) is 0.312. The van der Waals surface area contributed by atoms with Crippen molar-refractivity contribution in [3.63, 3.8) is 0 Å². The van der Waals surface area contributed by atoms with Gasteiger partial charge in [-0.3, -0.25) is 0 Å². The molecule has 0 saturated heterocycles. The quantitative estimate of drug-likeness (QED) is 0.547. The van der Waals surface area contributed by atoms with Crippen LogP contribution >= 0.6 is 0 Å². The second-order valence-electron chi connectivity index (χ2n) is 0. The zero-order valence-electron chi connectivity index (χ0n) is 2.49. The van der Waals surface area contributed by atoms with Crippen LogP contribution in [0.4, 0.5) is 0 Å². The van der Waals surface area contributed by atoms with Crippen LogP contribution in [0.25, 0.3) is 0 Å². The van der Waals surface area contributed by atoms with Gasteiger partial charge in [0.05, 0.1) is 0 Å². The summed E-state index contributed by atoms with van der Waals surface area (Å²) in [7, 11) is 0. The van der Waals surface area contributed by atoms with Crippen LogP contribution < -0.4 is 0 Å². The van der Waals surface area contributed by atoms with Gasteiger partial charge in [-0.15, -0.1) is 0 Å². The Balaban J connectivity index is -0.00000000500. The molecule has 3 nitrogen and oxygen atoms in total. The van der Waals surface area contributed by atoms with Gasteiger partial charge in [-0.1, -0.05) is 0 Å². The van der Waals surface area contributed by atoms with Crippen LogP contribution in [0.5, 0.6) is 0 Å². The summed E-state index contributed by atoms with van der Waals surface area (Å²) >= 11 is 3.12. The van der Waals surface area contributed by atoms with Gasteiger partial charge >= 0.3 is 67.0 Å². The zero-order valence-corrected chi connectivity index (χ0v) is 7.59. The second-order valence-corrected chi connectivity index (χ2v) is 0. The third-order valence-electron chi connectivity index (χ3n) is 0. The molecule has 0 aliphatic heterocycles. The van der Waals surface area contributed by atoms with E-state index in [1.165, 1.54) is 0 Å². The summed E-state index contributed by atoms with van der Waals surface area (Å²) in [5, 5.41) is 0. The van der Waals surface area contributed by atoms with E-state index in [1.807, 2.05) is 0 Å². The molecule has 0 aliphatic rings. The van der Waals surface area contributed by atoms with Crippen molar-refractivity contribution in [2.75, 3.05) is 0 Å². The summed E-state index contributed by atoms with van der Waals surface area (Å²) < 4.78 is 16.2. The van der Waals surface area contributed by atoms with Crippen LogP contribution in [0.2, 0.25) is 0 Å². The number of rotatable bonds is 0. The van der Waals surface area contributed by atoms with Gasteiger partial charge in [0, 0.05) is 0 Å². The van der Waals surface area contributed by atoms with Gasteiger partial charge in [-0.2, -0.15) is 0 Å². The SMILES string of the molecule is [O-2].[O]=[Ni].[O]=[Sb+].[Ti+4]. The molecule has 2 radical (unpaired) electrons. The molecule has 0 saturated carbocycles. The van der Waals surface area contributed by atoms with E-state index >= 15 is 0 Å². The molecular formula is NiO3SbTi+3. The van der Waals surface area contributed by atoms with Crippen LogP contribution in [-0.2, 0) is 49.5 Å². The van der Waals surface area contributed by atoms with Crippen LogP contribution in [0, 0.1) is 0 Å². The summed E-state index contributed by atoms with van der Waals surface area (Å²) in [6.07, 6.45) is 0. The Morgan fingerprint density at radius 1 is 1.17 bits per heavy atom. The Hall–Kier alpha value is 1.59. The minimum atomic E-state index is 0. The maximum atomic E-state index is 8.30. The van der Waals surface area contributed by atoms with Crippen LogP contribution in [0.1, 0.15) is 0 Å². The number of hydrogen-bond acceptors (Lipinski definition) is 2. The van der Waals surface area contributed by atoms with Crippen molar-refractivity contribution in [2.24, 2.45) is 0 Å². The summed E-state index contributed by atoms with van der Waals surface area (Å²) in [6.45, 7) is 0. The molecule has 0 aliphatic carbocycles. The fraction of sp³-hybridized carbons (Fsp3) is 0. The molecule has 0 atom stereocenters. The molecular weight excluding hydrogens is 276 g/mol. The first kappa shape index (κ1) is 25.6. The first-order valence-corrected chi connectivity index (χ1v) is 1.76. The maximum absolute atomic E-state index is 8.30. The number of hydrogen-bond donors (Lipinski definition) is 0. The van der Waals surface area contributed by atoms with E-state index in [1.54, 1.807) is 0 Å². The Labute approximate surface area is 71.9 Å². The smallest absolute Gasteiger partial charge is 4.00 e. The van der Waals surface area contributed by atoms with E-state index in [4.69, 9.17) is 6.91 Å². The first-order chi connectivity index (χ1) is 2.00. The zero-order chi connectivity index (χ0) is 4.00. The molecule has 0 heterocycles. The van der Waals surface area contributed by atoms with Crippen molar-refractivity contribution in [2.45, 2.75) is 0 Å². The third kappa shape index (κ3) is 46.7. The molecule has 0 N–H and O–H groups in total. The Morgan fingerprint density at radius 2 is 1.17 bits per heavy atom. The van der Waals surface area contributed by atoms with Crippen LogP contribution in [0.3, 0.4) is 0 Å². The van der Waals surface area contributed by atoms with Gasteiger partial charge in [0.25, 0.3) is 0 Å². The molecule has 6 heavy (non-hydrogen) atoms. The van der Waals surface area contributed by atoms with Crippen molar-refractivity contribution in [1.29, 1.82) is 0 Å². The summed E-state index contributed by atoms with van der Waals surface area (Å²) in [6, 6.07) is 0. The fourth-order valence-electron chi connectivity index (χ4n) is 0. The minimum absolute atomic E-state index is 0. The largest absolute Gasteiger partial charge is 4.00 e. The van der Waals surface area contributed by atoms with E-state index < -0.39 is 0 Å². The Kier molecular flexibility index (Phi) is 348. The van der Waals surface area contributed by atoms with Crippen molar-refractivity contribution in [3.05, 3.63) is 0 Å². The van der Waals surface area contributed by atoms with E-state index in [0.717, 1.165) is 0 Å². The fourth-order valence-corrected chi connectivity index (χ4v) is 0. The van der Waals surface area contributed by atoms with Crippen LogP contribution in [-0.4, -0.2) is 23.0 Å². The summed E-state index contributed by atoms with van der Waals surface area (Å²) in [5.41, 5.74) is 0. The molecule has 0 rings (SSSR count). The Bertz CT molecular complexity index is 12.8. The van der Waals surface area contributed by atoms with Crippen molar-refractivity contribution < 1.29 is 49.5 Å². The average molecular weight is 276 g/mol. The molecule has 34 valence electrons. The van der Waals surface area contributed by atoms with Crippen molar-refractivity contribution in [1.82, 2.24) is 0 Å². The molecule has 0 aromatic carbocycles. The van der Waals surface area contributed by atoms with E-state index in [2.05, 4.69) is 15.4 Å². The molecule has 0 aromatic rings. The van der Waals surface area contributed by atoms with Gasteiger partial charge in [0.15, 0.2) is 0 Å². The summed E-state index contributed by atoms with van der Waals surface area (Å²) in [5.74, 6) is 0. The molecule has 0 spiro atoms. The van der Waals surface area contributed by atoms with Gasteiger partial charge in [0.1, 0.15) is 0 Å². The second kappa shape index (κ2) is 81.7. The Morgan fingerprint density at radius 3 is 1.17 bits per heavy atom. The molecule has 0 amide bonds. The maximum Gasteiger partial charge on any atom is 4.00 e. The van der Waals surface area contributed by atoms with Gasteiger partial charge < -0.3 is 5.48 Å². The topological polar surface area (TPSA) is 62.6 Å².